The molecule has 3 nitrogen and oxygen atoms in total. The summed E-state index contributed by atoms with van der Waals surface area (Å²) in [6.07, 6.45) is 8.66. The summed E-state index contributed by atoms with van der Waals surface area (Å²) in [4.78, 5) is 12.5. The first kappa shape index (κ1) is 16.5. The summed E-state index contributed by atoms with van der Waals surface area (Å²) in [5.74, 6) is 1.16. The molecule has 0 bridgehead atoms. The largest absolute Gasteiger partial charge is 0.350 e. The van der Waals surface area contributed by atoms with E-state index in [1.165, 1.54) is 12.8 Å². The lowest BCUT2D eigenvalue weighted by Crippen LogP contribution is -2.50. The van der Waals surface area contributed by atoms with Crippen LogP contribution < -0.4 is 11.1 Å². The standard InChI is InChI=1S/C16H32N2O/c1-4-16(5-2,6-3)18-15(19)14-9-7-8-13(12-14)10-11-17/h13-14H,4-12,17H2,1-3H3,(H,18,19). The van der Waals surface area contributed by atoms with E-state index in [9.17, 15) is 4.79 Å². The number of hydrogen-bond donors (Lipinski definition) is 2. The van der Waals surface area contributed by atoms with Gasteiger partial charge in [0.05, 0.1) is 0 Å². The lowest BCUT2D eigenvalue weighted by molar-refractivity contribution is -0.128. The monoisotopic (exact) mass is 268 g/mol. The van der Waals surface area contributed by atoms with Crippen molar-refractivity contribution in [2.75, 3.05) is 6.54 Å². The minimum absolute atomic E-state index is 0.0118. The smallest absolute Gasteiger partial charge is 0.223 e. The van der Waals surface area contributed by atoms with Gasteiger partial charge in [-0.2, -0.15) is 0 Å². The minimum atomic E-state index is 0.0118. The van der Waals surface area contributed by atoms with Crippen LogP contribution in [0, 0.1) is 11.8 Å². The molecular formula is C16H32N2O. The second-order valence-corrected chi connectivity index (χ2v) is 6.14. The summed E-state index contributed by atoms with van der Waals surface area (Å²) in [6, 6.07) is 0. The summed E-state index contributed by atoms with van der Waals surface area (Å²) >= 11 is 0. The zero-order valence-electron chi connectivity index (χ0n) is 13.0. The fourth-order valence-electron chi connectivity index (χ4n) is 3.41. The Kier molecular flexibility index (Phi) is 6.84. The van der Waals surface area contributed by atoms with Gasteiger partial charge in [-0.05, 0) is 51.0 Å². The fraction of sp³-hybridized carbons (Fsp3) is 0.938. The molecular weight excluding hydrogens is 236 g/mol. The first-order valence-corrected chi connectivity index (χ1v) is 8.12. The highest BCUT2D eigenvalue weighted by molar-refractivity contribution is 5.79. The van der Waals surface area contributed by atoms with E-state index in [-0.39, 0.29) is 17.4 Å². The third-order valence-corrected chi connectivity index (χ3v) is 5.15. The molecule has 2 atom stereocenters. The van der Waals surface area contributed by atoms with Crippen molar-refractivity contribution >= 4 is 5.91 Å². The number of rotatable bonds is 7. The molecule has 1 rings (SSSR count). The van der Waals surface area contributed by atoms with Crippen LogP contribution in [0.5, 0.6) is 0 Å². The molecule has 0 radical (unpaired) electrons. The van der Waals surface area contributed by atoms with Crippen LogP contribution in [0.4, 0.5) is 0 Å². The normalized spacial score (nSPS) is 24.2. The first-order chi connectivity index (χ1) is 9.10. The summed E-state index contributed by atoms with van der Waals surface area (Å²) < 4.78 is 0. The van der Waals surface area contributed by atoms with Gasteiger partial charge in [-0.25, -0.2) is 0 Å². The van der Waals surface area contributed by atoms with Gasteiger partial charge in [0.1, 0.15) is 0 Å². The van der Waals surface area contributed by atoms with Crippen LogP contribution in [-0.2, 0) is 4.79 Å². The van der Waals surface area contributed by atoms with E-state index >= 15 is 0 Å². The highest BCUT2D eigenvalue weighted by Gasteiger charge is 2.32. The molecule has 2 unspecified atom stereocenters. The van der Waals surface area contributed by atoms with Gasteiger partial charge in [-0.15, -0.1) is 0 Å². The van der Waals surface area contributed by atoms with E-state index in [4.69, 9.17) is 5.73 Å². The molecule has 0 spiro atoms. The molecule has 0 aliphatic heterocycles. The van der Waals surface area contributed by atoms with Crippen molar-refractivity contribution in [3.05, 3.63) is 0 Å². The number of carbonyl (C=O) groups excluding carboxylic acids is 1. The highest BCUT2D eigenvalue weighted by atomic mass is 16.2. The van der Waals surface area contributed by atoms with E-state index in [0.29, 0.717) is 5.92 Å². The van der Waals surface area contributed by atoms with Gasteiger partial charge < -0.3 is 11.1 Å². The molecule has 0 saturated heterocycles. The number of nitrogens with two attached hydrogens (primary N) is 1. The van der Waals surface area contributed by atoms with Crippen molar-refractivity contribution in [2.24, 2.45) is 17.6 Å². The van der Waals surface area contributed by atoms with Gasteiger partial charge in [0.15, 0.2) is 0 Å². The Morgan fingerprint density at radius 1 is 1.21 bits per heavy atom. The van der Waals surface area contributed by atoms with Gasteiger partial charge >= 0.3 is 0 Å². The first-order valence-electron chi connectivity index (χ1n) is 8.12. The summed E-state index contributed by atoms with van der Waals surface area (Å²) in [5.41, 5.74) is 5.66. The van der Waals surface area contributed by atoms with E-state index < -0.39 is 0 Å². The predicted octanol–water partition coefficient (Wildman–Crippen LogP) is 3.23. The van der Waals surface area contributed by atoms with Crippen LogP contribution in [0.25, 0.3) is 0 Å². The fourth-order valence-corrected chi connectivity index (χ4v) is 3.41. The molecule has 1 saturated carbocycles. The van der Waals surface area contributed by atoms with Gasteiger partial charge in [-0.3, -0.25) is 4.79 Å². The zero-order valence-corrected chi connectivity index (χ0v) is 13.0. The molecule has 0 aromatic heterocycles. The molecule has 1 aliphatic rings. The van der Waals surface area contributed by atoms with E-state index in [2.05, 4.69) is 26.1 Å². The van der Waals surface area contributed by atoms with Gasteiger partial charge in [0, 0.05) is 11.5 Å². The van der Waals surface area contributed by atoms with Crippen LogP contribution in [0.1, 0.15) is 72.1 Å². The van der Waals surface area contributed by atoms with Crippen molar-refractivity contribution in [3.63, 3.8) is 0 Å². The zero-order chi connectivity index (χ0) is 14.3. The Balaban J connectivity index is 2.56. The maximum Gasteiger partial charge on any atom is 0.223 e. The second-order valence-electron chi connectivity index (χ2n) is 6.14. The molecule has 3 N–H and O–H groups in total. The Hall–Kier alpha value is -0.570. The number of amides is 1. The number of nitrogens with one attached hydrogen (secondary N) is 1. The topological polar surface area (TPSA) is 55.1 Å². The van der Waals surface area contributed by atoms with Crippen molar-refractivity contribution in [3.8, 4) is 0 Å². The molecule has 1 fully saturated rings. The third kappa shape index (κ3) is 4.48. The Bertz CT molecular complexity index is 264. The van der Waals surface area contributed by atoms with Crippen LogP contribution in [-0.4, -0.2) is 18.0 Å². The van der Waals surface area contributed by atoms with Gasteiger partial charge in [0.25, 0.3) is 0 Å². The predicted molar refractivity (Wildman–Crippen MR) is 80.9 cm³/mol. The average molecular weight is 268 g/mol. The lowest BCUT2D eigenvalue weighted by atomic mass is 9.78. The molecule has 112 valence electrons. The molecule has 3 heteroatoms. The number of carbonyl (C=O) groups is 1. The Morgan fingerprint density at radius 3 is 2.37 bits per heavy atom. The Labute approximate surface area is 118 Å². The molecule has 0 aromatic rings. The molecule has 19 heavy (non-hydrogen) atoms. The van der Waals surface area contributed by atoms with E-state index in [0.717, 1.165) is 45.1 Å². The maximum atomic E-state index is 12.5. The average Bonchev–Trinajstić information content (AvgIpc) is 2.45. The minimum Gasteiger partial charge on any atom is -0.350 e. The molecule has 0 heterocycles. The van der Waals surface area contributed by atoms with Crippen LogP contribution in [0.3, 0.4) is 0 Å². The SMILES string of the molecule is CCC(CC)(CC)NC(=O)C1CCCC(CCN)C1. The van der Waals surface area contributed by atoms with Crippen LogP contribution in [0.2, 0.25) is 0 Å². The quantitative estimate of drug-likeness (QED) is 0.745. The van der Waals surface area contributed by atoms with Crippen molar-refractivity contribution in [1.29, 1.82) is 0 Å². The molecule has 0 aromatic carbocycles. The van der Waals surface area contributed by atoms with Crippen molar-refractivity contribution in [1.82, 2.24) is 5.32 Å². The van der Waals surface area contributed by atoms with Crippen molar-refractivity contribution in [2.45, 2.75) is 77.7 Å². The number of hydrogen-bond acceptors (Lipinski definition) is 2. The van der Waals surface area contributed by atoms with E-state index in [1.54, 1.807) is 0 Å². The van der Waals surface area contributed by atoms with Gasteiger partial charge in [0.2, 0.25) is 5.91 Å². The van der Waals surface area contributed by atoms with Gasteiger partial charge in [-0.1, -0.05) is 33.6 Å². The summed E-state index contributed by atoms with van der Waals surface area (Å²) in [6.45, 7) is 7.27. The molecule has 1 amide bonds. The summed E-state index contributed by atoms with van der Waals surface area (Å²) in [5, 5.41) is 3.34. The van der Waals surface area contributed by atoms with Crippen LogP contribution in [0.15, 0.2) is 0 Å². The Morgan fingerprint density at radius 2 is 1.84 bits per heavy atom. The van der Waals surface area contributed by atoms with Crippen LogP contribution >= 0.6 is 0 Å². The summed E-state index contributed by atoms with van der Waals surface area (Å²) in [7, 11) is 0. The highest BCUT2D eigenvalue weighted by Crippen LogP contribution is 2.32. The maximum absolute atomic E-state index is 12.5. The third-order valence-electron chi connectivity index (χ3n) is 5.15. The second kappa shape index (κ2) is 7.88. The lowest BCUT2D eigenvalue weighted by Gasteiger charge is -2.35. The van der Waals surface area contributed by atoms with E-state index in [1.807, 2.05) is 0 Å². The van der Waals surface area contributed by atoms with Crippen molar-refractivity contribution < 1.29 is 4.79 Å². The molecule has 1 aliphatic carbocycles.